The van der Waals surface area contributed by atoms with Crippen molar-refractivity contribution in [3.05, 3.63) is 29.6 Å². The van der Waals surface area contributed by atoms with Crippen molar-refractivity contribution in [3.8, 4) is 0 Å². The third-order valence-electron chi connectivity index (χ3n) is 3.05. The van der Waals surface area contributed by atoms with Crippen molar-refractivity contribution < 1.29 is 17.6 Å². The van der Waals surface area contributed by atoms with E-state index in [0.717, 1.165) is 25.0 Å². The SMILES string of the molecule is Cl.Fc1cc(N2CCC(Cl)CC2)ccc1C(F)(F)F.N. The van der Waals surface area contributed by atoms with Crippen molar-refractivity contribution >= 4 is 29.7 Å². The van der Waals surface area contributed by atoms with Gasteiger partial charge in [0.15, 0.2) is 0 Å². The molecular weight excluding hydrogens is 319 g/mol. The minimum absolute atomic E-state index is 0. The minimum Gasteiger partial charge on any atom is -0.371 e. The zero-order chi connectivity index (χ0) is 13.3. The maximum Gasteiger partial charge on any atom is 0.419 e. The normalized spacial score (nSPS) is 16.4. The van der Waals surface area contributed by atoms with Gasteiger partial charge in [0.2, 0.25) is 0 Å². The van der Waals surface area contributed by atoms with Crippen molar-refractivity contribution in [1.82, 2.24) is 6.15 Å². The Kier molecular flexibility index (Phi) is 7.07. The molecule has 1 saturated heterocycles. The summed E-state index contributed by atoms with van der Waals surface area (Å²) in [4.78, 5) is 1.85. The Morgan fingerprint density at radius 3 is 2.15 bits per heavy atom. The Balaban J connectivity index is 0.00000180. The van der Waals surface area contributed by atoms with Crippen LogP contribution in [-0.4, -0.2) is 18.5 Å². The number of halogens is 6. The minimum atomic E-state index is -4.65. The summed E-state index contributed by atoms with van der Waals surface area (Å²) in [5, 5.41) is 0.0977. The number of anilines is 1. The first-order valence-electron chi connectivity index (χ1n) is 5.63. The summed E-state index contributed by atoms with van der Waals surface area (Å²) in [6, 6.07) is 3.04. The van der Waals surface area contributed by atoms with Crippen molar-refractivity contribution in [2.75, 3.05) is 18.0 Å². The predicted molar refractivity (Wildman–Crippen MR) is 74.8 cm³/mol. The van der Waals surface area contributed by atoms with Crippen molar-refractivity contribution in [1.29, 1.82) is 0 Å². The van der Waals surface area contributed by atoms with Crippen LogP contribution in [0.5, 0.6) is 0 Å². The Hall–Kier alpha value is -0.720. The molecule has 1 aromatic carbocycles. The van der Waals surface area contributed by atoms with Crippen molar-refractivity contribution in [3.63, 3.8) is 0 Å². The van der Waals surface area contributed by atoms with Crippen LogP contribution in [0.3, 0.4) is 0 Å². The number of hydrogen-bond donors (Lipinski definition) is 1. The number of piperidine rings is 1. The van der Waals surface area contributed by atoms with E-state index in [1.54, 1.807) is 0 Å². The molecule has 0 saturated carbocycles. The highest BCUT2D eigenvalue weighted by atomic mass is 35.5. The van der Waals surface area contributed by atoms with Gasteiger partial charge < -0.3 is 11.1 Å². The average molecular weight is 335 g/mol. The van der Waals surface area contributed by atoms with E-state index in [1.165, 1.54) is 6.07 Å². The fraction of sp³-hybridized carbons (Fsp3) is 0.500. The van der Waals surface area contributed by atoms with Crippen LogP contribution >= 0.6 is 24.0 Å². The van der Waals surface area contributed by atoms with Crippen LogP contribution in [0.15, 0.2) is 18.2 Å². The summed E-state index contributed by atoms with van der Waals surface area (Å²) in [5.41, 5.74) is -0.748. The third kappa shape index (κ3) is 4.40. The van der Waals surface area contributed by atoms with Gasteiger partial charge in [-0.25, -0.2) is 4.39 Å². The molecule has 3 N–H and O–H groups in total. The fourth-order valence-corrected chi connectivity index (χ4v) is 2.23. The molecule has 1 aliphatic heterocycles. The van der Waals surface area contributed by atoms with E-state index in [0.29, 0.717) is 18.8 Å². The Labute approximate surface area is 126 Å². The first-order chi connectivity index (χ1) is 8.38. The summed E-state index contributed by atoms with van der Waals surface area (Å²) in [5.74, 6) is -1.23. The summed E-state index contributed by atoms with van der Waals surface area (Å²) >= 11 is 5.94. The van der Waals surface area contributed by atoms with Gasteiger partial charge >= 0.3 is 6.18 Å². The lowest BCUT2D eigenvalue weighted by Crippen LogP contribution is -2.34. The zero-order valence-corrected chi connectivity index (χ0v) is 12.2. The number of benzene rings is 1. The first-order valence-corrected chi connectivity index (χ1v) is 6.07. The summed E-state index contributed by atoms with van der Waals surface area (Å²) in [7, 11) is 0. The summed E-state index contributed by atoms with van der Waals surface area (Å²) < 4.78 is 50.6. The van der Waals surface area contributed by atoms with Gasteiger partial charge in [0.25, 0.3) is 0 Å². The lowest BCUT2D eigenvalue weighted by Gasteiger charge is -2.31. The molecule has 0 unspecified atom stereocenters. The van der Waals surface area contributed by atoms with Crippen LogP contribution in [0.4, 0.5) is 23.2 Å². The molecule has 116 valence electrons. The van der Waals surface area contributed by atoms with Gasteiger partial charge in [0, 0.05) is 24.2 Å². The van der Waals surface area contributed by atoms with E-state index in [9.17, 15) is 17.6 Å². The molecule has 1 aromatic rings. The van der Waals surface area contributed by atoms with Gasteiger partial charge in [-0.2, -0.15) is 13.2 Å². The molecule has 1 aliphatic rings. The Morgan fingerprint density at radius 1 is 1.15 bits per heavy atom. The zero-order valence-electron chi connectivity index (χ0n) is 10.6. The van der Waals surface area contributed by atoms with E-state index >= 15 is 0 Å². The molecule has 0 radical (unpaired) electrons. The van der Waals surface area contributed by atoms with Crippen LogP contribution in [-0.2, 0) is 6.18 Å². The van der Waals surface area contributed by atoms with Crippen molar-refractivity contribution in [2.45, 2.75) is 24.4 Å². The van der Waals surface area contributed by atoms with Gasteiger partial charge in [-0.3, -0.25) is 0 Å². The number of hydrogen-bond acceptors (Lipinski definition) is 2. The fourth-order valence-electron chi connectivity index (χ4n) is 2.04. The van der Waals surface area contributed by atoms with Crippen molar-refractivity contribution in [2.24, 2.45) is 0 Å². The van der Waals surface area contributed by atoms with Gasteiger partial charge in [0.05, 0.1) is 5.56 Å². The lowest BCUT2D eigenvalue weighted by atomic mass is 10.1. The number of alkyl halides is 4. The molecule has 1 fully saturated rings. The molecule has 0 bridgehead atoms. The summed E-state index contributed by atoms with van der Waals surface area (Å²) in [6.07, 6.45) is -3.14. The Bertz CT molecular complexity index is 432. The molecule has 0 spiro atoms. The molecule has 8 heteroatoms. The highest BCUT2D eigenvalue weighted by Crippen LogP contribution is 2.33. The maximum absolute atomic E-state index is 13.4. The molecule has 1 heterocycles. The second-order valence-corrected chi connectivity index (χ2v) is 4.94. The quantitative estimate of drug-likeness (QED) is 0.600. The second kappa shape index (κ2) is 7.33. The van der Waals surface area contributed by atoms with Gasteiger partial charge in [-0.1, -0.05) is 0 Å². The second-order valence-electron chi connectivity index (χ2n) is 4.32. The molecule has 0 atom stereocenters. The van der Waals surface area contributed by atoms with Crippen LogP contribution < -0.4 is 11.1 Å². The van der Waals surface area contributed by atoms with Crippen LogP contribution in [0, 0.1) is 5.82 Å². The lowest BCUT2D eigenvalue weighted by molar-refractivity contribution is -0.139. The van der Waals surface area contributed by atoms with Gasteiger partial charge in [0.1, 0.15) is 5.82 Å². The Morgan fingerprint density at radius 2 is 1.70 bits per heavy atom. The standard InChI is InChI=1S/C12H12ClF4N.ClH.H3N/c13-8-3-5-18(6-4-8)9-1-2-10(11(14)7-9)12(15,16)17;;/h1-2,7-8H,3-6H2;1H;1H3. The molecule has 0 aromatic heterocycles. The average Bonchev–Trinajstić information content (AvgIpc) is 2.28. The first kappa shape index (κ1) is 19.3. The highest BCUT2D eigenvalue weighted by Gasteiger charge is 2.34. The molecule has 2 nitrogen and oxygen atoms in total. The van der Waals surface area contributed by atoms with Crippen LogP contribution in [0.1, 0.15) is 18.4 Å². The van der Waals surface area contributed by atoms with Gasteiger partial charge in [-0.15, -0.1) is 24.0 Å². The number of nitrogens with zero attached hydrogens (tertiary/aromatic N) is 1. The largest absolute Gasteiger partial charge is 0.419 e. The predicted octanol–water partition coefficient (Wildman–Crippen LogP) is 4.64. The molecule has 20 heavy (non-hydrogen) atoms. The number of rotatable bonds is 1. The third-order valence-corrected chi connectivity index (χ3v) is 3.48. The maximum atomic E-state index is 13.4. The molecular formula is C12H16Cl2F4N2. The van der Waals surface area contributed by atoms with E-state index in [4.69, 9.17) is 11.6 Å². The highest BCUT2D eigenvalue weighted by molar-refractivity contribution is 6.20. The molecule has 0 aliphatic carbocycles. The topological polar surface area (TPSA) is 38.2 Å². The summed E-state index contributed by atoms with van der Waals surface area (Å²) in [6.45, 7) is 1.28. The van der Waals surface area contributed by atoms with Crippen LogP contribution in [0.2, 0.25) is 0 Å². The smallest absolute Gasteiger partial charge is 0.371 e. The van der Waals surface area contributed by atoms with Crippen LogP contribution in [0.25, 0.3) is 0 Å². The van der Waals surface area contributed by atoms with E-state index in [2.05, 4.69) is 0 Å². The van der Waals surface area contributed by atoms with E-state index in [1.807, 2.05) is 4.90 Å². The van der Waals surface area contributed by atoms with E-state index in [-0.39, 0.29) is 23.9 Å². The van der Waals surface area contributed by atoms with E-state index < -0.39 is 17.6 Å². The molecule has 2 rings (SSSR count). The molecule has 0 amide bonds. The van der Waals surface area contributed by atoms with Gasteiger partial charge in [-0.05, 0) is 31.0 Å². The monoisotopic (exact) mass is 334 g/mol.